The van der Waals surface area contributed by atoms with Crippen molar-refractivity contribution >= 4 is 11.8 Å². The number of thioether (sulfide) groups is 1. The van der Waals surface area contributed by atoms with Crippen molar-refractivity contribution in [2.24, 2.45) is 5.92 Å². The van der Waals surface area contributed by atoms with E-state index in [0.717, 1.165) is 18.2 Å². The van der Waals surface area contributed by atoms with E-state index in [-0.39, 0.29) is 6.61 Å². The molecule has 108 valence electrons. The van der Waals surface area contributed by atoms with Crippen molar-refractivity contribution in [2.75, 3.05) is 24.7 Å². The van der Waals surface area contributed by atoms with Crippen LogP contribution in [-0.4, -0.2) is 24.7 Å². The van der Waals surface area contributed by atoms with Crippen LogP contribution < -0.4 is 10.1 Å². The molecule has 1 N–H and O–H groups in total. The maximum atomic E-state index is 8.48. The summed E-state index contributed by atoms with van der Waals surface area (Å²) in [6, 6.07) is 10.3. The van der Waals surface area contributed by atoms with E-state index >= 15 is 0 Å². The van der Waals surface area contributed by atoms with Crippen molar-refractivity contribution in [3.63, 3.8) is 0 Å². The fourth-order valence-electron chi connectivity index (χ4n) is 2.38. The van der Waals surface area contributed by atoms with Gasteiger partial charge in [-0.25, -0.2) is 0 Å². The SMILES string of the molecule is CC(NCC1CCSCC1)c1ccc(OCC#N)cc1. The van der Waals surface area contributed by atoms with Gasteiger partial charge in [-0.3, -0.25) is 0 Å². The first-order valence-electron chi connectivity index (χ1n) is 7.20. The van der Waals surface area contributed by atoms with E-state index in [1.807, 2.05) is 18.2 Å². The van der Waals surface area contributed by atoms with E-state index in [4.69, 9.17) is 10.00 Å². The zero-order valence-corrected chi connectivity index (χ0v) is 12.8. The third-order valence-corrected chi connectivity index (χ3v) is 4.79. The third kappa shape index (κ3) is 4.73. The lowest BCUT2D eigenvalue weighted by atomic mass is 10.0. The van der Waals surface area contributed by atoms with Crippen molar-refractivity contribution in [3.05, 3.63) is 29.8 Å². The maximum absolute atomic E-state index is 8.48. The molecule has 20 heavy (non-hydrogen) atoms. The highest BCUT2D eigenvalue weighted by molar-refractivity contribution is 7.99. The summed E-state index contributed by atoms with van der Waals surface area (Å²) in [4.78, 5) is 0. The molecule has 1 fully saturated rings. The van der Waals surface area contributed by atoms with Crippen molar-refractivity contribution < 1.29 is 4.74 Å². The number of ether oxygens (including phenoxy) is 1. The Morgan fingerprint density at radius 1 is 1.35 bits per heavy atom. The Bertz CT molecular complexity index is 435. The van der Waals surface area contributed by atoms with Crippen LogP contribution in [0, 0.1) is 17.2 Å². The van der Waals surface area contributed by atoms with Crippen LogP contribution in [0.3, 0.4) is 0 Å². The molecule has 1 unspecified atom stereocenters. The van der Waals surface area contributed by atoms with Crippen LogP contribution in [-0.2, 0) is 0 Å². The summed E-state index contributed by atoms with van der Waals surface area (Å²) in [7, 11) is 0. The molecule has 1 atom stereocenters. The molecule has 1 aliphatic rings. The lowest BCUT2D eigenvalue weighted by molar-refractivity contribution is 0.367. The summed E-state index contributed by atoms with van der Waals surface area (Å²) >= 11 is 2.07. The van der Waals surface area contributed by atoms with E-state index in [9.17, 15) is 0 Å². The summed E-state index contributed by atoms with van der Waals surface area (Å²) in [5.41, 5.74) is 1.26. The smallest absolute Gasteiger partial charge is 0.174 e. The molecule has 3 nitrogen and oxygen atoms in total. The minimum atomic E-state index is 0.104. The Balaban J connectivity index is 1.79. The Morgan fingerprint density at radius 3 is 2.70 bits per heavy atom. The Hall–Kier alpha value is -1.18. The van der Waals surface area contributed by atoms with E-state index < -0.39 is 0 Å². The lowest BCUT2D eigenvalue weighted by Crippen LogP contribution is -2.27. The van der Waals surface area contributed by atoms with Gasteiger partial charge in [-0.05, 0) is 61.4 Å². The number of hydrogen-bond acceptors (Lipinski definition) is 4. The average Bonchev–Trinajstić information content (AvgIpc) is 2.52. The van der Waals surface area contributed by atoms with Crippen LogP contribution in [0.25, 0.3) is 0 Å². The van der Waals surface area contributed by atoms with Crippen molar-refractivity contribution in [2.45, 2.75) is 25.8 Å². The number of nitriles is 1. The molecule has 0 saturated carbocycles. The fourth-order valence-corrected chi connectivity index (χ4v) is 3.58. The van der Waals surface area contributed by atoms with Crippen LogP contribution in [0.4, 0.5) is 0 Å². The van der Waals surface area contributed by atoms with Gasteiger partial charge >= 0.3 is 0 Å². The molecule has 0 spiro atoms. The summed E-state index contributed by atoms with van der Waals surface area (Å²) in [6.45, 7) is 3.41. The van der Waals surface area contributed by atoms with Crippen LogP contribution in [0.15, 0.2) is 24.3 Å². The summed E-state index contributed by atoms with van der Waals surface area (Å²) < 4.78 is 5.26. The largest absolute Gasteiger partial charge is 0.479 e. The highest BCUT2D eigenvalue weighted by atomic mass is 32.2. The van der Waals surface area contributed by atoms with Crippen LogP contribution in [0.5, 0.6) is 5.75 Å². The molecular weight excluding hydrogens is 268 g/mol. The number of rotatable bonds is 6. The molecule has 1 saturated heterocycles. The van der Waals surface area contributed by atoms with Gasteiger partial charge in [0.15, 0.2) is 6.61 Å². The van der Waals surface area contributed by atoms with E-state index in [0.29, 0.717) is 6.04 Å². The van der Waals surface area contributed by atoms with Gasteiger partial charge in [0.1, 0.15) is 11.8 Å². The van der Waals surface area contributed by atoms with Gasteiger partial charge in [0.05, 0.1) is 0 Å². The maximum Gasteiger partial charge on any atom is 0.174 e. The molecule has 1 aliphatic heterocycles. The molecule has 1 heterocycles. The van der Waals surface area contributed by atoms with Gasteiger partial charge in [-0.2, -0.15) is 17.0 Å². The number of nitrogens with zero attached hydrogens (tertiary/aromatic N) is 1. The highest BCUT2D eigenvalue weighted by Crippen LogP contribution is 2.23. The molecule has 2 rings (SSSR count). The van der Waals surface area contributed by atoms with Crippen molar-refractivity contribution in [1.82, 2.24) is 5.32 Å². The van der Waals surface area contributed by atoms with E-state index in [1.54, 1.807) is 0 Å². The number of nitrogens with one attached hydrogen (secondary N) is 1. The zero-order valence-electron chi connectivity index (χ0n) is 12.0. The van der Waals surface area contributed by atoms with E-state index in [1.165, 1.54) is 29.9 Å². The normalized spacial score (nSPS) is 17.4. The number of benzene rings is 1. The van der Waals surface area contributed by atoms with Gasteiger partial charge in [-0.15, -0.1) is 0 Å². The zero-order chi connectivity index (χ0) is 14.2. The van der Waals surface area contributed by atoms with E-state index in [2.05, 4.69) is 36.1 Å². The molecule has 1 aromatic rings. The summed E-state index contributed by atoms with van der Waals surface area (Å²) in [5, 5.41) is 12.1. The average molecular weight is 290 g/mol. The standard InChI is InChI=1S/C16H22N2OS/c1-13(18-12-14-6-10-20-11-7-14)15-2-4-16(5-3-15)19-9-8-17/h2-5,13-14,18H,6-7,9-12H2,1H3. The first-order chi connectivity index (χ1) is 9.79. The van der Waals surface area contributed by atoms with Gasteiger partial charge in [0.2, 0.25) is 0 Å². The second-order valence-electron chi connectivity index (χ2n) is 5.20. The van der Waals surface area contributed by atoms with Crippen LogP contribution in [0.2, 0.25) is 0 Å². The topological polar surface area (TPSA) is 45.0 Å². The van der Waals surface area contributed by atoms with Gasteiger partial charge in [0, 0.05) is 6.04 Å². The molecule has 0 radical (unpaired) electrons. The lowest BCUT2D eigenvalue weighted by Gasteiger charge is -2.24. The summed E-state index contributed by atoms with van der Waals surface area (Å²) in [6.07, 6.45) is 2.68. The second-order valence-corrected chi connectivity index (χ2v) is 6.43. The number of hydrogen-bond donors (Lipinski definition) is 1. The van der Waals surface area contributed by atoms with Crippen LogP contribution >= 0.6 is 11.8 Å². The predicted molar refractivity (Wildman–Crippen MR) is 84.0 cm³/mol. The van der Waals surface area contributed by atoms with Crippen molar-refractivity contribution in [1.29, 1.82) is 5.26 Å². The fraction of sp³-hybridized carbons (Fsp3) is 0.562. The Morgan fingerprint density at radius 2 is 2.05 bits per heavy atom. The first-order valence-corrected chi connectivity index (χ1v) is 8.36. The van der Waals surface area contributed by atoms with Gasteiger partial charge < -0.3 is 10.1 Å². The minimum Gasteiger partial charge on any atom is -0.479 e. The third-order valence-electron chi connectivity index (χ3n) is 3.74. The summed E-state index contributed by atoms with van der Waals surface area (Å²) in [5.74, 6) is 4.21. The highest BCUT2D eigenvalue weighted by Gasteiger charge is 2.14. The Labute approximate surface area is 125 Å². The Kier molecular flexibility index (Phi) is 6.23. The molecule has 0 bridgehead atoms. The van der Waals surface area contributed by atoms with Crippen LogP contribution in [0.1, 0.15) is 31.4 Å². The molecular formula is C16H22N2OS. The van der Waals surface area contributed by atoms with Gasteiger partial charge in [0.25, 0.3) is 0 Å². The monoisotopic (exact) mass is 290 g/mol. The van der Waals surface area contributed by atoms with Crippen molar-refractivity contribution in [3.8, 4) is 11.8 Å². The van der Waals surface area contributed by atoms with Gasteiger partial charge in [-0.1, -0.05) is 12.1 Å². The molecule has 1 aromatic carbocycles. The quantitative estimate of drug-likeness (QED) is 0.872. The molecule has 0 aromatic heterocycles. The molecule has 4 heteroatoms. The molecule has 0 aliphatic carbocycles. The second kappa shape index (κ2) is 8.18. The minimum absolute atomic E-state index is 0.104. The molecule has 0 amide bonds. The first kappa shape index (κ1) is 15.2. The predicted octanol–water partition coefficient (Wildman–Crippen LogP) is 3.38.